The lowest BCUT2D eigenvalue weighted by molar-refractivity contribution is -0.123. The number of ether oxygens (including phenoxy) is 2. The van der Waals surface area contributed by atoms with E-state index >= 15 is 0 Å². The van der Waals surface area contributed by atoms with Gasteiger partial charge in [0.25, 0.3) is 11.5 Å². The number of rotatable bonds is 9. The SMILES string of the molecule is CCOCCCNc1nc2ccc(C)cn2c(=O)c1C=C1SC(=S)N(CC2CCCO2)C1=O. The molecule has 0 aromatic carbocycles. The number of thiocarbonyl (C=S) groups is 1. The van der Waals surface area contributed by atoms with Gasteiger partial charge < -0.3 is 14.8 Å². The molecular formula is C23H28N4O4S2. The molecular weight excluding hydrogens is 460 g/mol. The van der Waals surface area contributed by atoms with Crippen LogP contribution in [0.15, 0.2) is 28.0 Å². The van der Waals surface area contributed by atoms with Crippen LogP contribution >= 0.6 is 24.0 Å². The summed E-state index contributed by atoms with van der Waals surface area (Å²) in [6, 6.07) is 3.73. The van der Waals surface area contributed by atoms with Crippen molar-refractivity contribution >= 4 is 51.7 Å². The molecule has 1 unspecified atom stereocenters. The second kappa shape index (κ2) is 10.8. The molecule has 176 valence electrons. The number of pyridine rings is 1. The Labute approximate surface area is 202 Å². The Morgan fingerprint density at radius 1 is 1.39 bits per heavy atom. The summed E-state index contributed by atoms with van der Waals surface area (Å²) in [5.41, 5.74) is 1.59. The minimum absolute atomic E-state index is 0.00496. The minimum Gasteiger partial charge on any atom is -0.382 e. The fraction of sp³-hybridized carbons (Fsp3) is 0.478. The summed E-state index contributed by atoms with van der Waals surface area (Å²) in [5, 5.41) is 3.25. The summed E-state index contributed by atoms with van der Waals surface area (Å²) < 4.78 is 13.1. The van der Waals surface area contributed by atoms with Gasteiger partial charge in [0.05, 0.1) is 23.1 Å². The molecule has 0 radical (unpaired) electrons. The first-order chi connectivity index (χ1) is 16.0. The number of aromatic nitrogens is 2. The first kappa shape index (κ1) is 23.9. The molecule has 1 atom stereocenters. The number of nitrogens with zero attached hydrogens (tertiary/aromatic N) is 3. The van der Waals surface area contributed by atoms with Crippen molar-refractivity contribution in [1.82, 2.24) is 14.3 Å². The fourth-order valence-corrected chi connectivity index (χ4v) is 5.09. The standard InChI is InChI=1S/C23H28N4O4S2/c1-3-30-10-5-9-24-20-17(21(28)26-13-15(2)7-8-19(26)25-20)12-18-22(29)27(23(32)33-18)14-16-6-4-11-31-16/h7-8,12-13,16,24H,3-6,9-11,14H2,1-2H3. The Morgan fingerprint density at radius 2 is 2.24 bits per heavy atom. The zero-order chi connectivity index (χ0) is 23.4. The maximum absolute atomic E-state index is 13.4. The van der Waals surface area contributed by atoms with Crippen LogP contribution in [0.25, 0.3) is 11.7 Å². The van der Waals surface area contributed by atoms with Crippen LogP contribution in [0.1, 0.15) is 37.3 Å². The van der Waals surface area contributed by atoms with Crippen molar-refractivity contribution in [3.8, 4) is 0 Å². The summed E-state index contributed by atoms with van der Waals surface area (Å²) >= 11 is 6.67. The summed E-state index contributed by atoms with van der Waals surface area (Å²) in [5.74, 6) is 0.251. The van der Waals surface area contributed by atoms with Crippen LogP contribution in [0.2, 0.25) is 0 Å². The monoisotopic (exact) mass is 488 g/mol. The molecule has 0 aliphatic carbocycles. The van der Waals surface area contributed by atoms with Gasteiger partial charge in [-0.2, -0.15) is 0 Å². The number of carbonyl (C=O) groups excluding carboxylic acids is 1. The lowest BCUT2D eigenvalue weighted by Crippen LogP contribution is -2.35. The summed E-state index contributed by atoms with van der Waals surface area (Å²) in [6.07, 6.45) is 6.05. The lowest BCUT2D eigenvalue weighted by atomic mass is 10.2. The Hall–Kier alpha value is -2.27. The number of carbonyl (C=O) groups is 1. The number of anilines is 1. The average Bonchev–Trinajstić information content (AvgIpc) is 3.40. The average molecular weight is 489 g/mol. The van der Waals surface area contributed by atoms with E-state index in [4.69, 9.17) is 21.7 Å². The second-order valence-electron chi connectivity index (χ2n) is 8.02. The molecule has 0 spiro atoms. The predicted octanol–water partition coefficient (Wildman–Crippen LogP) is 3.22. The van der Waals surface area contributed by atoms with Crippen molar-refractivity contribution in [2.45, 2.75) is 39.2 Å². The molecule has 2 saturated heterocycles. The van der Waals surface area contributed by atoms with E-state index in [-0.39, 0.29) is 17.6 Å². The van der Waals surface area contributed by atoms with Crippen LogP contribution in [0.4, 0.5) is 5.82 Å². The number of fused-ring (bicyclic) bond motifs is 1. The molecule has 0 bridgehead atoms. The summed E-state index contributed by atoms with van der Waals surface area (Å²) in [6.45, 7) is 6.90. The van der Waals surface area contributed by atoms with E-state index in [1.807, 2.05) is 26.0 Å². The number of amides is 1. The van der Waals surface area contributed by atoms with Gasteiger partial charge in [-0.15, -0.1) is 0 Å². The molecule has 0 saturated carbocycles. The van der Waals surface area contributed by atoms with Crippen molar-refractivity contribution in [2.24, 2.45) is 0 Å². The molecule has 1 N–H and O–H groups in total. The van der Waals surface area contributed by atoms with E-state index in [2.05, 4.69) is 10.3 Å². The van der Waals surface area contributed by atoms with E-state index in [0.717, 1.165) is 24.8 Å². The van der Waals surface area contributed by atoms with Crippen molar-refractivity contribution in [2.75, 3.05) is 38.2 Å². The van der Waals surface area contributed by atoms with E-state index < -0.39 is 0 Å². The number of aryl methyl sites for hydroxylation is 1. The molecule has 2 aromatic rings. The number of hydrogen-bond acceptors (Lipinski definition) is 8. The molecule has 4 heterocycles. The summed E-state index contributed by atoms with van der Waals surface area (Å²) in [4.78, 5) is 33.2. The maximum atomic E-state index is 13.4. The predicted molar refractivity (Wildman–Crippen MR) is 135 cm³/mol. The van der Waals surface area contributed by atoms with Crippen molar-refractivity contribution in [3.63, 3.8) is 0 Å². The Morgan fingerprint density at radius 3 is 3.00 bits per heavy atom. The number of nitrogens with one attached hydrogen (secondary N) is 1. The van der Waals surface area contributed by atoms with Crippen LogP contribution < -0.4 is 10.9 Å². The first-order valence-corrected chi connectivity index (χ1v) is 12.4. The molecule has 1 amide bonds. The lowest BCUT2D eigenvalue weighted by Gasteiger charge is -2.18. The highest BCUT2D eigenvalue weighted by molar-refractivity contribution is 8.26. The van der Waals surface area contributed by atoms with Gasteiger partial charge in [0.2, 0.25) is 0 Å². The maximum Gasteiger partial charge on any atom is 0.267 e. The molecule has 33 heavy (non-hydrogen) atoms. The smallest absolute Gasteiger partial charge is 0.267 e. The molecule has 8 nitrogen and oxygen atoms in total. The van der Waals surface area contributed by atoms with Crippen LogP contribution in [0.3, 0.4) is 0 Å². The van der Waals surface area contributed by atoms with Gasteiger partial charge in [-0.3, -0.25) is 18.9 Å². The van der Waals surface area contributed by atoms with Gasteiger partial charge >= 0.3 is 0 Å². The molecule has 2 aromatic heterocycles. The van der Waals surface area contributed by atoms with Gasteiger partial charge in [0, 0.05) is 32.6 Å². The third-order valence-electron chi connectivity index (χ3n) is 5.53. The van der Waals surface area contributed by atoms with E-state index in [0.29, 0.717) is 59.2 Å². The van der Waals surface area contributed by atoms with Crippen molar-refractivity contribution in [3.05, 3.63) is 44.7 Å². The fourth-order valence-electron chi connectivity index (χ4n) is 3.83. The number of thioether (sulfide) groups is 1. The van der Waals surface area contributed by atoms with Crippen LogP contribution in [-0.4, -0.2) is 63.5 Å². The normalized spacial score (nSPS) is 19.9. The van der Waals surface area contributed by atoms with E-state index in [1.54, 1.807) is 17.2 Å². The van der Waals surface area contributed by atoms with Crippen molar-refractivity contribution < 1.29 is 14.3 Å². The van der Waals surface area contributed by atoms with Gasteiger partial charge in [0.15, 0.2) is 0 Å². The third-order valence-corrected chi connectivity index (χ3v) is 6.90. The third kappa shape index (κ3) is 5.46. The van der Waals surface area contributed by atoms with Gasteiger partial charge in [0.1, 0.15) is 15.8 Å². The molecule has 10 heteroatoms. The summed E-state index contributed by atoms with van der Waals surface area (Å²) in [7, 11) is 0. The highest BCUT2D eigenvalue weighted by Crippen LogP contribution is 2.34. The highest BCUT2D eigenvalue weighted by atomic mass is 32.2. The van der Waals surface area contributed by atoms with Crippen LogP contribution in [-0.2, 0) is 14.3 Å². The van der Waals surface area contributed by atoms with E-state index in [1.165, 1.54) is 16.2 Å². The number of hydrogen-bond donors (Lipinski definition) is 1. The zero-order valence-corrected chi connectivity index (χ0v) is 20.5. The van der Waals surface area contributed by atoms with Crippen LogP contribution in [0, 0.1) is 6.92 Å². The molecule has 2 fully saturated rings. The zero-order valence-electron chi connectivity index (χ0n) is 18.8. The molecule has 4 rings (SSSR count). The highest BCUT2D eigenvalue weighted by Gasteiger charge is 2.35. The minimum atomic E-state index is -0.236. The van der Waals surface area contributed by atoms with Crippen molar-refractivity contribution in [1.29, 1.82) is 0 Å². The largest absolute Gasteiger partial charge is 0.382 e. The van der Waals surface area contributed by atoms with Gasteiger partial charge in [-0.05, 0) is 50.8 Å². The second-order valence-corrected chi connectivity index (χ2v) is 9.69. The molecule has 2 aliphatic heterocycles. The Kier molecular flexibility index (Phi) is 7.79. The topological polar surface area (TPSA) is 85.2 Å². The first-order valence-electron chi connectivity index (χ1n) is 11.2. The Bertz CT molecular complexity index is 1140. The molecule has 2 aliphatic rings. The van der Waals surface area contributed by atoms with E-state index in [9.17, 15) is 9.59 Å². The van der Waals surface area contributed by atoms with Gasteiger partial charge in [-0.25, -0.2) is 4.98 Å². The quantitative estimate of drug-likeness (QED) is 0.327. The Balaban J connectivity index is 1.65. The van der Waals surface area contributed by atoms with Gasteiger partial charge in [-0.1, -0.05) is 30.0 Å². The van der Waals surface area contributed by atoms with Crippen LogP contribution in [0.5, 0.6) is 0 Å².